The molecule has 0 fully saturated rings. The summed E-state index contributed by atoms with van der Waals surface area (Å²) in [6.45, 7) is 28.5. The summed E-state index contributed by atoms with van der Waals surface area (Å²) in [5, 5.41) is 32.3. The zero-order chi connectivity index (χ0) is 72.1. The molecule has 29 heteroatoms. The second-order valence-electron chi connectivity index (χ2n) is 27.5. The maximum Gasteiger partial charge on any atom is 0.243 e. The molecule has 0 saturated heterocycles. The molecule has 12 atom stereocenters. The highest BCUT2D eigenvalue weighted by Crippen LogP contribution is 2.15. The molecule has 0 heterocycles. The van der Waals surface area contributed by atoms with Crippen molar-refractivity contribution >= 4 is 76.8 Å². The van der Waals surface area contributed by atoms with Crippen molar-refractivity contribution in [3.05, 3.63) is 0 Å². The van der Waals surface area contributed by atoms with E-state index in [1.165, 1.54) is 27.7 Å². The highest BCUT2D eigenvalue weighted by atomic mass is 16.2. The van der Waals surface area contributed by atoms with Crippen molar-refractivity contribution in [1.29, 1.82) is 0 Å². The lowest BCUT2D eigenvalue weighted by Crippen LogP contribution is -2.60. The van der Waals surface area contributed by atoms with Crippen LogP contribution in [0.4, 0.5) is 0 Å². The lowest BCUT2D eigenvalue weighted by molar-refractivity contribution is -0.136. The van der Waals surface area contributed by atoms with Gasteiger partial charge in [-0.15, -0.1) is 0 Å². The third-order valence-corrected chi connectivity index (χ3v) is 15.1. The SMILES string of the molecule is CC(=O)N[C@@H](CC(C)C)C(=O)N[C@H](C)C(=O)N[C@@H](CCCCN)C(=O)N[C@@H](CC(C)C)C(=O)N[C@@H](CC(C)C)C(=O)N[C@H](C)C(=O)N[C@@H](CCCCN)C(=O)N[C@@H](CC(C)C)C(=O)N[C@@H](CC(C)C)C(=O)N[C@H](C)C(=O)N[C@@H](CCCCN)C(=O)N[C@@H](CC(C)C)C(N)=O. The van der Waals surface area contributed by atoms with Gasteiger partial charge in [0.2, 0.25) is 76.8 Å². The highest BCUT2D eigenvalue weighted by molar-refractivity contribution is 5.99. The molecular weight excluding hydrogens is 1210 g/mol. The fraction of sp³-hybridized carbons (Fsp3) is 0.800. The monoisotopic (exact) mass is 1330 g/mol. The summed E-state index contributed by atoms with van der Waals surface area (Å²) in [7, 11) is 0. The van der Waals surface area contributed by atoms with E-state index in [1.54, 1.807) is 0 Å². The summed E-state index contributed by atoms with van der Waals surface area (Å²) in [5.41, 5.74) is 22.8. The first-order chi connectivity index (χ1) is 43.9. The summed E-state index contributed by atoms with van der Waals surface area (Å²) < 4.78 is 0. The second-order valence-corrected chi connectivity index (χ2v) is 27.5. The van der Waals surface area contributed by atoms with E-state index in [-0.39, 0.29) is 93.4 Å². The molecule has 0 aromatic heterocycles. The van der Waals surface area contributed by atoms with Crippen LogP contribution in [-0.4, -0.2) is 169 Å². The summed E-state index contributed by atoms with van der Waals surface area (Å²) >= 11 is 0. The number of hydrogen-bond donors (Lipinski definition) is 16. The highest BCUT2D eigenvalue weighted by Gasteiger charge is 2.36. The van der Waals surface area contributed by atoms with Crippen LogP contribution in [0.25, 0.3) is 0 Å². The van der Waals surface area contributed by atoms with Gasteiger partial charge < -0.3 is 86.7 Å². The third-order valence-electron chi connectivity index (χ3n) is 15.1. The summed E-state index contributed by atoms with van der Waals surface area (Å²) in [5.74, 6) is -9.49. The molecule has 13 amide bonds. The molecule has 0 rings (SSSR count). The fourth-order valence-electron chi connectivity index (χ4n) is 10.2. The van der Waals surface area contributed by atoms with Crippen molar-refractivity contribution in [2.24, 2.45) is 58.4 Å². The zero-order valence-electron chi connectivity index (χ0n) is 59.2. The smallest absolute Gasteiger partial charge is 0.243 e. The summed E-state index contributed by atoms with van der Waals surface area (Å²) in [4.78, 5) is 177. The van der Waals surface area contributed by atoms with E-state index in [2.05, 4.69) is 63.8 Å². The van der Waals surface area contributed by atoms with Gasteiger partial charge in [-0.25, -0.2) is 0 Å². The predicted molar refractivity (Wildman–Crippen MR) is 361 cm³/mol. The van der Waals surface area contributed by atoms with Crippen LogP contribution >= 0.6 is 0 Å². The van der Waals surface area contributed by atoms with Crippen molar-refractivity contribution < 1.29 is 62.3 Å². The van der Waals surface area contributed by atoms with Gasteiger partial charge in [-0.3, -0.25) is 62.3 Å². The van der Waals surface area contributed by atoms with Crippen LogP contribution in [0, 0.1) is 35.5 Å². The maximum atomic E-state index is 14.3. The van der Waals surface area contributed by atoms with Crippen LogP contribution in [0.1, 0.15) is 207 Å². The number of primary amides is 1. The first-order valence-electron chi connectivity index (χ1n) is 33.9. The lowest BCUT2D eigenvalue weighted by Gasteiger charge is -2.29. The molecule has 0 aliphatic carbocycles. The molecule has 0 spiro atoms. The van der Waals surface area contributed by atoms with Gasteiger partial charge in [0.05, 0.1) is 0 Å². The van der Waals surface area contributed by atoms with E-state index < -0.39 is 149 Å². The summed E-state index contributed by atoms with van der Waals surface area (Å²) in [6, 6.07) is -13.9. The number of unbranched alkanes of at least 4 members (excludes halogenated alkanes) is 3. The number of carbonyl (C=O) groups is 13. The van der Waals surface area contributed by atoms with Gasteiger partial charge in [-0.1, -0.05) is 83.1 Å². The first-order valence-corrected chi connectivity index (χ1v) is 33.9. The third kappa shape index (κ3) is 36.6. The van der Waals surface area contributed by atoms with Gasteiger partial charge in [0, 0.05) is 6.92 Å². The van der Waals surface area contributed by atoms with Crippen molar-refractivity contribution in [1.82, 2.24) is 63.8 Å². The summed E-state index contributed by atoms with van der Waals surface area (Å²) in [6.07, 6.45) is 4.20. The molecule has 0 aliphatic heterocycles. The molecule has 0 saturated carbocycles. The zero-order valence-corrected chi connectivity index (χ0v) is 59.2. The number of nitrogens with two attached hydrogens (primary N) is 4. The Bertz CT molecular complexity index is 2430. The Kier molecular flexibility index (Phi) is 42.7. The van der Waals surface area contributed by atoms with Crippen LogP contribution in [0.15, 0.2) is 0 Å². The van der Waals surface area contributed by atoms with Crippen LogP contribution in [0.5, 0.6) is 0 Å². The van der Waals surface area contributed by atoms with E-state index >= 15 is 0 Å². The molecule has 540 valence electrons. The van der Waals surface area contributed by atoms with Gasteiger partial charge in [0.15, 0.2) is 0 Å². The number of hydrogen-bond acceptors (Lipinski definition) is 16. The lowest BCUT2D eigenvalue weighted by atomic mass is 9.99. The van der Waals surface area contributed by atoms with Crippen molar-refractivity contribution in [2.75, 3.05) is 19.6 Å². The number of nitrogens with one attached hydrogen (secondary N) is 12. The van der Waals surface area contributed by atoms with Gasteiger partial charge in [-0.05, 0) is 172 Å². The number of carbonyl (C=O) groups excluding carboxylic acids is 13. The standard InChI is InChI=1S/C65H122N16O13/c1-35(2)29-48(54(69)83)77-58(87)45(23-17-20-26-66)74-56(85)42(14)71-62(91)50(31-37(5)6)80-65(94)53(34-40(11)12)79-60(89)47(25-19-22-28-68)76-57(86)43(15)72-63(92)51(32-38(7)8)81-64(93)52(33-39(9)10)78-59(88)46(24-18-21-27-67)75-55(84)41(13)70-61(90)49(30-36(3)4)73-44(16)82/h35-43,45-53H,17-34,66-68H2,1-16H3,(H2,69,83)(H,70,90)(H,71,91)(H,72,92)(H,73,82)(H,74,85)(H,75,84)(H,76,86)(H,77,87)(H,78,88)(H,79,89)(H,80,94)(H,81,93)/t41-,42-,43-,45+,46+,47+,48+,49+,50+,51+,52+,53+/m1/s1. The van der Waals surface area contributed by atoms with E-state index in [9.17, 15) is 62.3 Å². The van der Waals surface area contributed by atoms with Gasteiger partial charge in [-0.2, -0.15) is 0 Å². The fourth-order valence-corrected chi connectivity index (χ4v) is 10.2. The quantitative estimate of drug-likeness (QED) is 0.0358. The molecular formula is C65H122N16O13. The van der Waals surface area contributed by atoms with Crippen LogP contribution in [-0.2, 0) is 62.3 Å². The maximum absolute atomic E-state index is 14.3. The molecule has 0 aliphatic rings. The Morgan fingerprint density at radius 2 is 0.426 bits per heavy atom. The number of rotatable bonds is 48. The largest absolute Gasteiger partial charge is 0.368 e. The molecule has 94 heavy (non-hydrogen) atoms. The van der Waals surface area contributed by atoms with Gasteiger partial charge in [0.1, 0.15) is 72.5 Å². The minimum Gasteiger partial charge on any atom is -0.368 e. The molecule has 0 radical (unpaired) electrons. The van der Waals surface area contributed by atoms with Crippen LogP contribution < -0.4 is 86.7 Å². The molecule has 29 nitrogen and oxygen atoms in total. The molecule has 0 bridgehead atoms. The Morgan fingerprint density at radius 1 is 0.245 bits per heavy atom. The molecule has 0 aromatic carbocycles. The Labute approximate surface area is 558 Å². The normalized spacial score (nSPS) is 15.3. The van der Waals surface area contributed by atoms with E-state index in [4.69, 9.17) is 22.9 Å². The minimum atomic E-state index is -1.29. The Morgan fingerprint density at radius 3 is 0.628 bits per heavy atom. The number of amides is 13. The molecule has 0 unspecified atom stereocenters. The van der Waals surface area contributed by atoms with E-state index in [1.807, 2.05) is 83.1 Å². The van der Waals surface area contributed by atoms with Gasteiger partial charge >= 0.3 is 0 Å². The Balaban J connectivity index is 6.61. The van der Waals surface area contributed by atoms with Gasteiger partial charge in [0.25, 0.3) is 0 Å². The molecule has 0 aromatic rings. The van der Waals surface area contributed by atoms with Crippen LogP contribution in [0.3, 0.4) is 0 Å². The van der Waals surface area contributed by atoms with Crippen molar-refractivity contribution in [3.63, 3.8) is 0 Å². The first kappa shape index (κ1) is 87.0. The Hall–Kier alpha value is -7.01. The van der Waals surface area contributed by atoms with Crippen molar-refractivity contribution in [3.8, 4) is 0 Å². The second kappa shape index (κ2) is 46.2. The molecule has 20 N–H and O–H groups in total. The van der Waals surface area contributed by atoms with E-state index in [0.29, 0.717) is 58.0 Å². The van der Waals surface area contributed by atoms with E-state index in [0.717, 1.165) is 0 Å². The minimum absolute atomic E-state index is 0.0187. The topological polar surface area (TPSA) is 470 Å². The van der Waals surface area contributed by atoms with Crippen molar-refractivity contribution in [2.45, 2.75) is 280 Å². The van der Waals surface area contributed by atoms with Crippen LogP contribution in [0.2, 0.25) is 0 Å². The average molecular weight is 1340 g/mol. The average Bonchev–Trinajstić information content (AvgIpc) is 0.890. The predicted octanol–water partition coefficient (Wildman–Crippen LogP) is 0.0325.